The van der Waals surface area contributed by atoms with Crippen molar-refractivity contribution in [2.24, 2.45) is 23.7 Å². The van der Waals surface area contributed by atoms with Crippen molar-refractivity contribution in [3.63, 3.8) is 0 Å². The van der Waals surface area contributed by atoms with Crippen LogP contribution in [0.5, 0.6) is 5.75 Å². The van der Waals surface area contributed by atoms with Gasteiger partial charge < -0.3 is 10.1 Å². The maximum absolute atomic E-state index is 5.33. The Bertz CT molecular complexity index is 456. The van der Waals surface area contributed by atoms with Gasteiger partial charge in [-0.3, -0.25) is 0 Å². The number of ether oxygens (including phenoxy) is 1. The van der Waals surface area contributed by atoms with E-state index in [0.29, 0.717) is 0 Å². The van der Waals surface area contributed by atoms with Crippen molar-refractivity contribution in [3.05, 3.63) is 29.8 Å². The molecule has 0 atom stereocenters. The fraction of sp³-hybridized carbons (Fsp3) is 0.667. The van der Waals surface area contributed by atoms with Gasteiger partial charge in [-0.15, -0.1) is 0 Å². The molecule has 4 aliphatic rings. The Labute approximate surface area is 121 Å². The third kappa shape index (κ3) is 2.24. The second-order valence-electron chi connectivity index (χ2n) is 7.30. The number of hydrogen-bond donors (Lipinski definition) is 1. The Hall–Kier alpha value is -1.02. The maximum Gasteiger partial charge on any atom is 0.119 e. The van der Waals surface area contributed by atoms with E-state index < -0.39 is 0 Å². The van der Waals surface area contributed by atoms with E-state index in [1.807, 2.05) is 6.07 Å². The third-order valence-corrected chi connectivity index (χ3v) is 6.06. The van der Waals surface area contributed by atoms with Gasteiger partial charge in [-0.2, -0.15) is 0 Å². The van der Waals surface area contributed by atoms with E-state index in [1.165, 1.54) is 31.2 Å². The number of rotatable bonds is 4. The van der Waals surface area contributed by atoms with Crippen LogP contribution in [0.2, 0.25) is 0 Å². The molecule has 5 rings (SSSR count). The van der Waals surface area contributed by atoms with Gasteiger partial charge in [0.1, 0.15) is 12.3 Å². The van der Waals surface area contributed by atoms with Gasteiger partial charge in [-0.05, 0) is 56.1 Å². The van der Waals surface area contributed by atoms with Gasteiger partial charge in [0.15, 0.2) is 0 Å². The first-order valence-corrected chi connectivity index (χ1v) is 8.28. The van der Waals surface area contributed by atoms with Gasteiger partial charge in [0.05, 0.1) is 13.2 Å². The molecular weight excluding hydrogens is 246 g/mol. The smallest absolute Gasteiger partial charge is 0.119 e. The summed E-state index contributed by atoms with van der Waals surface area (Å²) in [4.78, 5) is 0. The minimum absolute atomic E-state index is 0.897. The van der Waals surface area contributed by atoms with Gasteiger partial charge in [0.2, 0.25) is 0 Å². The molecule has 1 aromatic carbocycles. The highest BCUT2D eigenvalue weighted by atomic mass is 16.5. The highest BCUT2D eigenvalue weighted by molar-refractivity contribution is 5.27. The van der Waals surface area contributed by atoms with Crippen LogP contribution in [0.15, 0.2) is 24.3 Å². The summed E-state index contributed by atoms with van der Waals surface area (Å²) < 4.78 is 5.33. The van der Waals surface area contributed by atoms with Crippen LogP contribution in [0, 0.1) is 23.7 Å². The van der Waals surface area contributed by atoms with E-state index in [9.17, 15) is 0 Å². The van der Waals surface area contributed by atoms with Crippen LogP contribution in [0.4, 0.5) is 0 Å². The molecule has 0 unspecified atom stereocenters. The molecule has 2 nitrogen and oxygen atoms in total. The minimum atomic E-state index is 0.897. The number of nitrogens with two attached hydrogens (primary N) is 1. The van der Waals surface area contributed by atoms with E-state index in [1.54, 1.807) is 13.5 Å². The number of benzene rings is 1. The molecule has 0 aromatic heterocycles. The number of hydrogen-bond acceptors (Lipinski definition) is 1. The molecule has 0 aliphatic heterocycles. The van der Waals surface area contributed by atoms with Crippen molar-refractivity contribution in [2.45, 2.75) is 44.7 Å². The Morgan fingerprint density at radius 1 is 1.05 bits per heavy atom. The minimum Gasteiger partial charge on any atom is -0.497 e. The lowest BCUT2D eigenvalue weighted by Gasteiger charge is -2.52. The number of methoxy groups -OCH3 is 1. The summed E-state index contributed by atoms with van der Waals surface area (Å²) in [5.74, 6) is 5.17. The Kier molecular flexibility index (Phi) is 3.22. The van der Waals surface area contributed by atoms with Crippen LogP contribution >= 0.6 is 0 Å². The normalized spacial score (nSPS) is 38.1. The van der Waals surface area contributed by atoms with Gasteiger partial charge in [-0.1, -0.05) is 12.1 Å². The largest absolute Gasteiger partial charge is 0.497 e. The molecule has 0 saturated heterocycles. The molecule has 4 saturated carbocycles. The summed E-state index contributed by atoms with van der Waals surface area (Å²) in [5.41, 5.74) is 1.40. The molecule has 0 radical (unpaired) electrons. The molecule has 0 heterocycles. The van der Waals surface area contributed by atoms with Crippen LogP contribution in [-0.4, -0.2) is 13.2 Å². The van der Waals surface area contributed by atoms with Crippen LogP contribution in [0.25, 0.3) is 0 Å². The monoisotopic (exact) mass is 272 g/mol. The molecule has 2 heteroatoms. The zero-order valence-corrected chi connectivity index (χ0v) is 12.4. The molecule has 0 amide bonds. The number of quaternary nitrogens is 1. The van der Waals surface area contributed by atoms with Crippen molar-refractivity contribution >= 4 is 0 Å². The summed E-state index contributed by atoms with van der Waals surface area (Å²) in [5, 5.41) is 2.64. The van der Waals surface area contributed by atoms with Crippen molar-refractivity contribution in [2.75, 3.05) is 7.11 Å². The summed E-state index contributed by atoms with van der Waals surface area (Å²) >= 11 is 0. The lowest BCUT2D eigenvalue weighted by Crippen LogP contribution is -2.93. The standard InChI is InChI=1S/C18H25NO/c1-20-17-4-2-3-12(10-17)11-19-18-15-6-13-5-14(8-15)9-16(18)7-13/h2-4,10,13-16,18-19H,5-9,11H2,1H3/p+1. The van der Waals surface area contributed by atoms with Gasteiger partial charge in [-0.25, -0.2) is 0 Å². The van der Waals surface area contributed by atoms with Gasteiger partial charge >= 0.3 is 0 Å². The van der Waals surface area contributed by atoms with Gasteiger partial charge in [0.25, 0.3) is 0 Å². The zero-order chi connectivity index (χ0) is 13.5. The molecule has 4 bridgehead atoms. The lowest BCUT2D eigenvalue weighted by atomic mass is 9.54. The predicted octanol–water partition coefficient (Wildman–Crippen LogP) is 2.58. The molecule has 20 heavy (non-hydrogen) atoms. The molecule has 4 aliphatic carbocycles. The van der Waals surface area contributed by atoms with Crippen molar-refractivity contribution < 1.29 is 10.1 Å². The van der Waals surface area contributed by atoms with Crippen LogP contribution < -0.4 is 10.1 Å². The van der Waals surface area contributed by atoms with E-state index >= 15 is 0 Å². The molecule has 4 fully saturated rings. The highest BCUT2D eigenvalue weighted by Crippen LogP contribution is 2.52. The lowest BCUT2D eigenvalue weighted by molar-refractivity contribution is -0.723. The van der Waals surface area contributed by atoms with Crippen LogP contribution in [0.1, 0.15) is 37.7 Å². The van der Waals surface area contributed by atoms with E-state index in [2.05, 4.69) is 23.5 Å². The second kappa shape index (κ2) is 5.07. The third-order valence-electron chi connectivity index (χ3n) is 6.06. The van der Waals surface area contributed by atoms with E-state index in [0.717, 1.165) is 42.0 Å². The topological polar surface area (TPSA) is 25.8 Å². The average Bonchev–Trinajstić information content (AvgIpc) is 2.46. The van der Waals surface area contributed by atoms with Crippen LogP contribution in [0.3, 0.4) is 0 Å². The molecule has 1 aromatic rings. The van der Waals surface area contributed by atoms with Crippen molar-refractivity contribution in [1.29, 1.82) is 0 Å². The SMILES string of the molecule is COc1cccc(C[NH2+]C2C3CC4CC(C3)CC2C4)c1. The quantitative estimate of drug-likeness (QED) is 0.895. The summed E-state index contributed by atoms with van der Waals surface area (Å²) in [6, 6.07) is 9.46. The summed E-state index contributed by atoms with van der Waals surface area (Å²) in [6.45, 7) is 1.12. The Morgan fingerprint density at radius 2 is 1.75 bits per heavy atom. The first-order valence-electron chi connectivity index (χ1n) is 8.28. The highest BCUT2D eigenvalue weighted by Gasteiger charge is 2.49. The summed E-state index contributed by atoms with van der Waals surface area (Å²) in [7, 11) is 1.75. The van der Waals surface area contributed by atoms with E-state index in [4.69, 9.17) is 4.74 Å². The molecule has 108 valence electrons. The Balaban J connectivity index is 1.42. The fourth-order valence-electron chi connectivity index (χ4n) is 5.42. The maximum atomic E-state index is 5.33. The van der Waals surface area contributed by atoms with Gasteiger partial charge in [0, 0.05) is 17.4 Å². The second-order valence-corrected chi connectivity index (χ2v) is 7.30. The van der Waals surface area contributed by atoms with E-state index in [-0.39, 0.29) is 0 Å². The Morgan fingerprint density at radius 3 is 2.40 bits per heavy atom. The van der Waals surface area contributed by atoms with Crippen molar-refractivity contribution in [1.82, 2.24) is 0 Å². The van der Waals surface area contributed by atoms with Crippen LogP contribution in [-0.2, 0) is 6.54 Å². The summed E-state index contributed by atoms with van der Waals surface area (Å²) in [6.07, 6.45) is 7.63. The molecule has 0 spiro atoms. The first-order chi connectivity index (χ1) is 9.81. The average molecular weight is 272 g/mol. The molecule has 2 N–H and O–H groups in total. The zero-order valence-electron chi connectivity index (χ0n) is 12.4. The van der Waals surface area contributed by atoms with Crippen molar-refractivity contribution in [3.8, 4) is 5.75 Å². The predicted molar refractivity (Wildman–Crippen MR) is 79.5 cm³/mol. The first kappa shape index (κ1) is 12.7. The fourth-order valence-corrected chi connectivity index (χ4v) is 5.42. The molecular formula is C18H26NO+.